The minimum atomic E-state index is -0.465. The molecular formula is C17H13BO3. The second-order valence-corrected chi connectivity index (χ2v) is 5.25. The smallest absolute Gasteiger partial charge is 0.521 e. The molecule has 4 heteroatoms. The van der Waals surface area contributed by atoms with Gasteiger partial charge in [0.05, 0.1) is 5.39 Å². The van der Waals surface area contributed by atoms with Gasteiger partial charge in [0.2, 0.25) is 0 Å². The van der Waals surface area contributed by atoms with E-state index in [-0.39, 0.29) is 5.75 Å². The summed E-state index contributed by atoms with van der Waals surface area (Å²) >= 11 is 0. The Labute approximate surface area is 122 Å². The van der Waals surface area contributed by atoms with Crippen LogP contribution in [0, 0.1) is 6.92 Å². The third-order valence-corrected chi connectivity index (χ3v) is 3.70. The molecule has 1 heterocycles. The summed E-state index contributed by atoms with van der Waals surface area (Å²) in [6.07, 6.45) is 0. The van der Waals surface area contributed by atoms with E-state index >= 15 is 0 Å². The summed E-state index contributed by atoms with van der Waals surface area (Å²) in [5.41, 5.74) is 2.00. The number of aryl methyl sites for hydroxylation is 1. The lowest BCUT2D eigenvalue weighted by atomic mass is 9.77. The first-order valence-electron chi connectivity index (χ1n) is 6.87. The third kappa shape index (κ3) is 1.91. The molecule has 0 unspecified atom stereocenters. The van der Waals surface area contributed by atoms with Crippen LogP contribution in [0.1, 0.15) is 5.56 Å². The second kappa shape index (κ2) is 4.45. The van der Waals surface area contributed by atoms with Crippen molar-refractivity contribution in [3.8, 4) is 17.2 Å². The molecule has 0 aromatic heterocycles. The van der Waals surface area contributed by atoms with Crippen molar-refractivity contribution in [1.29, 1.82) is 0 Å². The van der Waals surface area contributed by atoms with Crippen molar-refractivity contribution in [3.63, 3.8) is 0 Å². The summed E-state index contributed by atoms with van der Waals surface area (Å²) in [6.45, 7) is 1.98. The largest absolute Gasteiger partial charge is 0.632 e. The maximum Gasteiger partial charge on any atom is 0.632 e. The Hall–Kier alpha value is -2.62. The summed E-state index contributed by atoms with van der Waals surface area (Å²) in [7, 11) is -0.465. The van der Waals surface area contributed by atoms with Crippen LogP contribution < -0.4 is 14.8 Å². The van der Waals surface area contributed by atoms with Crippen LogP contribution in [-0.4, -0.2) is 12.2 Å². The highest BCUT2D eigenvalue weighted by Crippen LogP contribution is 2.42. The lowest BCUT2D eigenvalue weighted by Gasteiger charge is -2.25. The average molecular weight is 276 g/mol. The summed E-state index contributed by atoms with van der Waals surface area (Å²) in [6, 6.07) is 17.2. The highest BCUT2D eigenvalue weighted by Gasteiger charge is 2.32. The third-order valence-electron chi connectivity index (χ3n) is 3.70. The molecule has 0 aliphatic carbocycles. The number of phenols is 1. The fraction of sp³-hybridized carbons (Fsp3) is 0.0588. The van der Waals surface area contributed by atoms with E-state index in [1.165, 1.54) is 0 Å². The number of phenolic OH excluding ortho intramolecular Hbond substituents is 1. The molecular weight excluding hydrogens is 263 g/mol. The molecule has 0 saturated heterocycles. The van der Waals surface area contributed by atoms with E-state index in [2.05, 4.69) is 0 Å². The van der Waals surface area contributed by atoms with Crippen LogP contribution in [0.3, 0.4) is 0 Å². The van der Waals surface area contributed by atoms with Crippen LogP contribution in [0.5, 0.6) is 17.2 Å². The number of benzene rings is 3. The molecule has 3 nitrogen and oxygen atoms in total. The predicted octanol–water partition coefficient (Wildman–Crippen LogP) is 3.02. The van der Waals surface area contributed by atoms with Crippen molar-refractivity contribution in [3.05, 3.63) is 60.2 Å². The Morgan fingerprint density at radius 3 is 2.48 bits per heavy atom. The van der Waals surface area contributed by atoms with E-state index < -0.39 is 7.12 Å². The monoisotopic (exact) mass is 276 g/mol. The molecule has 0 saturated carbocycles. The topological polar surface area (TPSA) is 38.7 Å². The molecule has 21 heavy (non-hydrogen) atoms. The zero-order chi connectivity index (χ0) is 14.4. The molecule has 3 aromatic rings. The van der Waals surface area contributed by atoms with Crippen LogP contribution in [0.4, 0.5) is 0 Å². The van der Waals surface area contributed by atoms with Crippen molar-refractivity contribution in [2.45, 2.75) is 6.92 Å². The van der Waals surface area contributed by atoms with Gasteiger partial charge in [0, 0.05) is 10.8 Å². The number of rotatable bonds is 1. The normalized spacial score (nSPS) is 12.9. The van der Waals surface area contributed by atoms with Gasteiger partial charge in [-0.1, -0.05) is 30.3 Å². The van der Waals surface area contributed by atoms with E-state index in [4.69, 9.17) is 9.31 Å². The maximum absolute atomic E-state index is 10.0. The predicted molar refractivity (Wildman–Crippen MR) is 83.4 cm³/mol. The van der Waals surface area contributed by atoms with E-state index in [9.17, 15) is 5.11 Å². The van der Waals surface area contributed by atoms with Crippen LogP contribution in [0.15, 0.2) is 54.6 Å². The van der Waals surface area contributed by atoms with Gasteiger partial charge < -0.3 is 14.4 Å². The maximum atomic E-state index is 10.0. The molecule has 0 radical (unpaired) electrons. The van der Waals surface area contributed by atoms with E-state index in [0.29, 0.717) is 0 Å². The van der Waals surface area contributed by atoms with Gasteiger partial charge in [-0.15, -0.1) is 0 Å². The molecule has 1 N–H and O–H groups in total. The standard InChI is InChI=1S/C17H13BO3/c1-11-9-13-14(19)7-8-15-17(13)16(10-11)21-18(20-15)12-5-3-2-4-6-12/h2-10,19H,1H3. The fourth-order valence-electron chi connectivity index (χ4n) is 2.73. The van der Waals surface area contributed by atoms with Crippen LogP contribution in [-0.2, 0) is 0 Å². The minimum absolute atomic E-state index is 0.240. The summed E-state index contributed by atoms with van der Waals surface area (Å²) in [4.78, 5) is 0. The lowest BCUT2D eigenvalue weighted by molar-refractivity contribution is 0.426. The number of hydrogen-bond acceptors (Lipinski definition) is 3. The quantitative estimate of drug-likeness (QED) is 0.694. The molecule has 102 valence electrons. The van der Waals surface area contributed by atoms with Gasteiger partial charge in [-0.3, -0.25) is 0 Å². The van der Waals surface area contributed by atoms with Crippen molar-refractivity contribution < 1.29 is 14.4 Å². The Bertz CT molecular complexity index is 830. The molecule has 3 aromatic carbocycles. The van der Waals surface area contributed by atoms with E-state index in [1.54, 1.807) is 12.1 Å². The first kappa shape index (κ1) is 12.2. The molecule has 4 rings (SSSR count). The fourth-order valence-corrected chi connectivity index (χ4v) is 2.73. The Morgan fingerprint density at radius 2 is 1.67 bits per heavy atom. The Morgan fingerprint density at radius 1 is 0.905 bits per heavy atom. The first-order valence-corrected chi connectivity index (χ1v) is 6.87. The first-order chi connectivity index (χ1) is 10.2. The highest BCUT2D eigenvalue weighted by atomic mass is 16.6. The molecule has 0 spiro atoms. The molecule has 0 amide bonds. The summed E-state index contributed by atoms with van der Waals surface area (Å²) in [5, 5.41) is 11.6. The molecule has 0 fully saturated rings. The van der Waals surface area contributed by atoms with Gasteiger partial charge in [-0.25, -0.2) is 0 Å². The summed E-state index contributed by atoms with van der Waals surface area (Å²) < 4.78 is 11.9. The van der Waals surface area contributed by atoms with Gasteiger partial charge in [-0.2, -0.15) is 0 Å². The highest BCUT2D eigenvalue weighted by molar-refractivity contribution is 6.63. The van der Waals surface area contributed by atoms with Crippen molar-refractivity contribution in [2.24, 2.45) is 0 Å². The summed E-state index contributed by atoms with van der Waals surface area (Å²) in [5.74, 6) is 1.72. The molecule has 0 atom stereocenters. The van der Waals surface area contributed by atoms with Gasteiger partial charge in [0.25, 0.3) is 0 Å². The van der Waals surface area contributed by atoms with E-state index in [1.807, 2.05) is 49.4 Å². The van der Waals surface area contributed by atoms with Crippen molar-refractivity contribution in [2.75, 3.05) is 0 Å². The van der Waals surface area contributed by atoms with Gasteiger partial charge in [0.15, 0.2) is 0 Å². The molecule has 1 aliphatic rings. The van der Waals surface area contributed by atoms with Crippen molar-refractivity contribution >= 4 is 23.4 Å². The Balaban J connectivity index is 1.90. The zero-order valence-corrected chi connectivity index (χ0v) is 11.5. The minimum Gasteiger partial charge on any atom is -0.521 e. The van der Waals surface area contributed by atoms with Crippen LogP contribution in [0.2, 0.25) is 0 Å². The van der Waals surface area contributed by atoms with Gasteiger partial charge in [-0.05, 0) is 36.8 Å². The van der Waals surface area contributed by atoms with Gasteiger partial charge in [0.1, 0.15) is 17.2 Å². The van der Waals surface area contributed by atoms with Crippen LogP contribution in [0.25, 0.3) is 10.8 Å². The Kier molecular flexibility index (Phi) is 2.57. The number of aromatic hydroxyl groups is 1. The van der Waals surface area contributed by atoms with E-state index in [0.717, 1.165) is 33.3 Å². The lowest BCUT2D eigenvalue weighted by Crippen LogP contribution is -2.44. The average Bonchev–Trinajstić information content (AvgIpc) is 2.51. The molecule has 0 bridgehead atoms. The van der Waals surface area contributed by atoms with Crippen LogP contribution >= 0.6 is 0 Å². The zero-order valence-electron chi connectivity index (χ0n) is 11.5. The van der Waals surface area contributed by atoms with Gasteiger partial charge >= 0.3 is 7.12 Å². The van der Waals surface area contributed by atoms with Crippen molar-refractivity contribution in [1.82, 2.24) is 0 Å². The molecule has 1 aliphatic heterocycles. The second-order valence-electron chi connectivity index (χ2n) is 5.25. The number of hydrogen-bond donors (Lipinski definition) is 1. The SMILES string of the molecule is Cc1cc2c3c(ccc(O)c3c1)OB(c1ccccc1)O2.